The number of ether oxygens (including phenoxy) is 4. The molecular weight excluding hydrogens is 472 g/mol. The van der Waals surface area contributed by atoms with Crippen LogP contribution in [-0.4, -0.2) is 50.1 Å². The minimum absolute atomic E-state index is 0.0620. The molecule has 1 aliphatic carbocycles. The number of benzene rings is 1. The zero-order valence-electron chi connectivity index (χ0n) is 20.0. The molecule has 10 heteroatoms. The van der Waals surface area contributed by atoms with Crippen LogP contribution >= 0.6 is 11.3 Å². The summed E-state index contributed by atoms with van der Waals surface area (Å²) in [5.41, 5.74) is 1.43. The summed E-state index contributed by atoms with van der Waals surface area (Å²) in [6.07, 6.45) is 3.09. The molecule has 3 atom stereocenters. The molecule has 0 N–H and O–H groups in total. The molecule has 1 amide bonds. The molecular formula is C25H26N2O7S. The Kier molecular flexibility index (Phi) is 6.00. The number of thiazole rings is 1. The van der Waals surface area contributed by atoms with Gasteiger partial charge < -0.3 is 18.9 Å². The number of nitrogens with zero attached hydrogens (tertiary/aromatic N) is 2. The summed E-state index contributed by atoms with van der Waals surface area (Å²) in [7, 11) is 4.36. The molecule has 2 aliphatic heterocycles. The Hall–Kier alpha value is -3.40. The van der Waals surface area contributed by atoms with E-state index in [1.165, 1.54) is 26.2 Å². The molecule has 35 heavy (non-hydrogen) atoms. The van der Waals surface area contributed by atoms with E-state index in [1.54, 1.807) is 25.1 Å². The van der Waals surface area contributed by atoms with E-state index in [0.717, 1.165) is 37.0 Å². The molecule has 0 spiro atoms. The van der Waals surface area contributed by atoms with Crippen LogP contribution in [0.5, 0.6) is 11.5 Å². The van der Waals surface area contributed by atoms with Crippen molar-refractivity contribution in [3.63, 3.8) is 0 Å². The molecule has 0 saturated heterocycles. The molecule has 184 valence electrons. The van der Waals surface area contributed by atoms with Crippen LogP contribution in [0.25, 0.3) is 0 Å². The molecule has 3 heterocycles. The molecule has 1 saturated carbocycles. The minimum atomic E-state index is -0.774. The van der Waals surface area contributed by atoms with E-state index in [-0.39, 0.29) is 23.6 Å². The second kappa shape index (κ2) is 8.99. The molecule has 1 fully saturated rings. The van der Waals surface area contributed by atoms with Crippen LogP contribution in [0.3, 0.4) is 0 Å². The van der Waals surface area contributed by atoms with Crippen LogP contribution in [0.2, 0.25) is 0 Å². The third-order valence-corrected chi connectivity index (χ3v) is 7.99. The molecule has 5 rings (SSSR count). The molecule has 0 radical (unpaired) electrons. The van der Waals surface area contributed by atoms with Gasteiger partial charge in [-0.2, -0.15) is 0 Å². The number of methoxy groups -OCH3 is 3. The lowest BCUT2D eigenvalue weighted by Gasteiger charge is -2.35. The fourth-order valence-corrected chi connectivity index (χ4v) is 6.16. The number of anilines is 1. The fraction of sp³-hybridized carbons (Fsp3) is 0.440. The normalized spacial score (nSPS) is 23.5. The van der Waals surface area contributed by atoms with E-state index < -0.39 is 17.9 Å². The van der Waals surface area contributed by atoms with Gasteiger partial charge in [0.1, 0.15) is 11.0 Å². The first-order valence-corrected chi connectivity index (χ1v) is 12.3. The smallest absolute Gasteiger partial charge is 0.350 e. The number of aryl methyl sites for hydroxylation is 1. The van der Waals surface area contributed by atoms with E-state index in [4.69, 9.17) is 18.9 Å². The van der Waals surface area contributed by atoms with Crippen LogP contribution in [0, 0.1) is 12.8 Å². The quantitative estimate of drug-likeness (QED) is 0.574. The van der Waals surface area contributed by atoms with Crippen molar-refractivity contribution in [3.8, 4) is 11.5 Å². The number of Topliss-reactive ketones (excluding diaryl/α,β-unsaturated/α-hetero) is 1. The standard InChI is InChI=1S/C25H26N2O7S/c1-12-22(24(30)33-4)35-25(26-12)27-19(13-9-10-16(31-2)17(11-13)32-3)18-20(28)14-7-5-6-8-15(14)34-21(18)23(27)29/h9-11,14-15,19H,5-8H2,1-4H3. The molecule has 0 bridgehead atoms. The number of aromatic nitrogens is 1. The lowest BCUT2D eigenvalue weighted by Crippen LogP contribution is -2.39. The van der Waals surface area contributed by atoms with Crippen molar-refractivity contribution in [2.45, 2.75) is 44.8 Å². The number of carbonyl (C=O) groups excluding carboxylic acids is 3. The number of esters is 1. The second-order valence-electron chi connectivity index (χ2n) is 8.75. The Morgan fingerprint density at radius 3 is 2.57 bits per heavy atom. The monoisotopic (exact) mass is 498 g/mol. The highest BCUT2D eigenvalue weighted by Crippen LogP contribution is 2.50. The minimum Gasteiger partial charge on any atom is -0.493 e. The predicted octanol–water partition coefficient (Wildman–Crippen LogP) is 3.76. The summed E-state index contributed by atoms with van der Waals surface area (Å²) in [5, 5.41) is 0.293. The number of fused-ring (bicyclic) bond motifs is 1. The van der Waals surface area contributed by atoms with Crippen LogP contribution in [0.4, 0.5) is 5.13 Å². The zero-order valence-corrected chi connectivity index (χ0v) is 20.8. The largest absolute Gasteiger partial charge is 0.493 e. The Balaban J connectivity index is 1.67. The fourth-order valence-electron chi connectivity index (χ4n) is 5.15. The third-order valence-electron chi connectivity index (χ3n) is 6.85. The third kappa shape index (κ3) is 3.67. The summed E-state index contributed by atoms with van der Waals surface area (Å²) in [6, 6.07) is 4.51. The highest BCUT2D eigenvalue weighted by molar-refractivity contribution is 7.17. The topological polar surface area (TPSA) is 104 Å². The van der Waals surface area contributed by atoms with Gasteiger partial charge in [-0.3, -0.25) is 14.5 Å². The van der Waals surface area contributed by atoms with Crippen molar-refractivity contribution in [1.82, 2.24) is 4.98 Å². The highest BCUT2D eigenvalue weighted by Gasteiger charge is 2.53. The van der Waals surface area contributed by atoms with Crippen molar-refractivity contribution in [2.24, 2.45) is 5.92 Å². The zero-order chi connectivity index (χ0) is 24.9. The average Bonchev–Trinajstić information content (AvgIpc) is 3.40. The van der Waals surface area contributed by atoms with Crippen molar-refractivity contribution < 1.29 is 33.3 Å². The summed E-state index contributed by atoms with van der Waals surface area (Å²) >= 11 is 1.05. The highest BCUT2D eigenvalue weighted by atomic mass is 32.1. The summed E-state index contributed by atoms with van der Waals surface area (Å²) in [6.45, 7) is 1.68. The van der Waals surface area contributed by atoms with E-state index in [2.05, 4.69) is 4.98 Å². The van der Waals surface area contributed by atoms with Gasteiger partial charge in [0.2, 0.25) is 0 Å². The molecule has 1 aromatic heterocycles. The predicted molar refractivity (Wildman–Crippen MR) is 127 cm³/mol. The van der Waals surface area contributed by atoms with Crippen LogP contribution in [0.1, 0.15) is 52.7 Å². The second-order valence-corrected chi connectivity index (χ2v) is 9.73. The molecule has 9 nitrogen and oxygen atoms in total. The number of ketones is 1. The number of hydrogen-bond donors (Lipinski definition) is 0. The number of amides is 1. The van der Waals surface area contributed by atoms with Crippen LogP contribution < -0.4 is 14.4 Å². The number of rotatable bonds is 5. The number of carbonyl (C=O) groups is 3. The van der Waals surface area contributed by atoms with Gasteiger partial charge in [0, 0.05) is 0 Å². The Labute approximate surface area is 206 Å². The van der Waals surface area contributed by atoms with Gasteiger partial charge in [-0.1, -0.05) is 23.8 Å². The Bertz CT molecular complexity index is 1250. The van der Waals surface area contributed by atoms with Gasteiger partial charge in [-0.25, -0.2) is 9.78 Å². The SMILES string of the molecule is COC(=O)c1sc(N2C(=O)C3=C(C(=O)C4CCCCC4O3)C2c2ccc(OC)c(OC)c2)nc1C. The first-order chi connectivity index (χ1) is 16.9. The summed E-state index contributed by atoms with van der Waals surface area (Å²) in [4.78, 5) is 46.1. The van der Waals surface area contributed by atoms with E-state index in [0.29, 0.717) is 38.3 Å². The van der Waals surface area contributed by atoms with Crippen molar-refractivity contribution >= 4 is 34.1 Å². The van der Waals surface area contributed by atoms with Crippen molar-refractivity contribution in [1.29, 1.82) is 0 Å². The average molecular weight is 499 g/mol. The van der Waals surface area contributed by atoms with Gasteiger partial charge >= 0.3 is 5.97 Å². The van der Waals surface area contributed by atoms with E-state index in [1.807, 2.05) is 0 Å². The molecule has 3 aliphatic rings. The maximum Gasteiger partial charge on any atom is 0.350 e. The van der Waals surface area contributed by atoms with E-state index >= 15 is 0 Å². The van der Waals surface area contributed by atoms with Crippen LogP contribution in [-0.2, 0) is 19.1 Å². The first-order valence-electron chi connectivity index (χ1n) is 11.5. The lowest BCUT2D eigenvalue weighted by molar-refractivity contribution is -0.131. The van der Waals surface area contributed by atoms with E-state index in [9.17, 15) is 14.4 Å². The van der Waals surface area contributed by atoms with Gasteiger partial charge in [0.25, 0.3) is 5.91 Å². The van der Waals surface area contributed by atoms with Crippen LogP contribution in [0.15, 0.2) is 29.5 Å². The molecule has 1 aromatic carbocycles. The summed E-state index contributed by atoms with van der Waals surface area (Å²) in [5.74, 6) is -0.242. The maximum atomic E-state index is 13.8. The molecule has 3 unspecified atom stereocenters. The summed E-state index contributed by atoms with van der Waals surface area (Å²) < 4.78 is 21.9. The van der Waals surface area contributed by atoms with Gasteiger partial charge in [-0.15, -0.1) is 0 Å². The molecule has 2 aromatic rings. The maximum absolute atomic E-state index is 13.8. The number of hydrogen-bond acceptors (Lipinski definition) is 9. The first kappa shape index (κ1) is 23.3. The Morgan fingerprint density at radius 1 is 1.11 bits per heavy atom. The lowest BCUT2D eigenvalue weighted by atomic mass is 9.77. The van der Waals surface area contributed by atoms with Gasteiger partial charge in [0.15, 0.2) is 28.2 Å². The van der Waals surface area contributed by atoms with Gasteiger partial charge in [-0.05, 0) is 43.9 Å². The van der Waals surface area contributed by atoms with Crippen molar-refractivity contribution in [3.05, 3.63) is 45.7 Å². The van der Waals surface area contributed by atoms with Gasteiger partial charge in [0.05, 0.1) is 44.6 Å². The Morgan fingerprint density at radius 2 is 1.86 bits per heavy atom. The van der Waals surface area contributed by atoms with Crippen molar-refractivity contribution in [2.75, 3.05) is 26.2 Å².